The van der Waals surface area contributed by atoms with E-state index in [1.165, 1.54) is 0 Å². The molecule has 1 aliphatic heterocycles. The summed E-state index contributed by atoms with van der Waals surface area (Å²) in [5, 5.41) is 8.23. The third kappa shape index (κ3) is 3.40. The molecule has 7 nitrogen and oxygen atoms in total. The summed E-state index contributed by atoms with van der Waals surface area (Å²) in [6.07, 6.45) is 3.38. The van der Waals surface area contributed by atoms with Gasteiger partial charge in [-0.15, -0.1) is 0 Å². The highest BCUT2D eigenvalue weighted by molar-refractivity contribution is 7.08. The summed E-state index contributed by atoms with van der Waals surface area (Å²) in [4.78, 5) is 11.0. The Balaban J connectivity index is 1.41. The van der Waals surface area contributed by atoms with E-state index >= 15 is 0 Å². The molecule has 1 fully saturated rings. The normalized spacial score (nSPS) is 19.0. The maximum Gasteiger partial charge on any atom is 0.227 e. The first-order valence-electron chi connectivity index (χ1n) is 7.93. The Labute approximate surface area is 143 Å². The lowest BCUT2D eigenvalue weighted by atomic mass is 10.2. The first-order valence-corrected chi connectivity index (χ1v) is 8.87. The minimum absolute atomic E-state index is 0.115. The number of aromatic nitrogens is 4. The lowest BCUT2D eigenvalue weighted by Gasteiger charge is -2.32. The highest BCUT2D eigenvalue weighted by Crippen LogP contribution is 2.24. The Kier molecular flexibility index (Phi) is 4.42. The number of nitrogens with zero attached hydrogens (tertiary/aromatic N) is 5. The van der Waals surface area contributed by atoms with Gasteiger partial charge in [0.25, 0.3) is 0 Å². The molecule has 3 aromatic heterocycles. The number of hydrogen-bond acceptors (Lipinski definition) is 7. The lowest BCUT2D eigenvalue weighted by molar-refractivity contribution is -0.0406. The van der Waals surface area contributed by atoms with Gasteiger partial charge in [0.2, 0.25) is 5.89 Å². The number of aryl methyl sites for hydroxylation is 1. The van der Waals surface area contributed by atoms with Crippen LogP contribution in [0, 0.1) is 6.92 Å². The maximum atomic E-state index is 5.84. The van der Waals surface area contributed by atoms with Gasteiger partial charge >= 0.3 is 0 Å². The molecule has 0 N–H and O–H groups in total. The third-order valence-electron chi connectivity index (χ3n) is 4.11. The molecule has 4 rings (SSSR count). The van der Waals surface area contributed by atoms with Crippen molar-refractivity contribution >= 4 is 11.3 Å². The molecule has 1 unspecified atom stereocenters. The molecule has 1 atom stereocenters. The Morgan fingerprint density at radius 1 is 1.42 bits per heavy atom. The van der Waals surface area contributed by atoms with Gasteiger partial charge in [-0.2, -0.15) is 16.4 Å². The Hall–Kier alpha value is -2.03. The van der Waals surface area contributed by atoms with Gasteiger partial charge < -0.3 is 9.15 Å². The molecule has 0 radical (unpaired) electrons. The molecular formula is C16H19N5O2S. The fraction of sp³-hybridized carbons (Fsp3) is 0.438. The van der Waals surface area contributed by atoms with Crippen molar-refractivity contribution in [2.45, 2.75) is 26.1 Å². The minimum atomic E-state index is 0.115. The van der Waals surface area contributed by atoms with Crippen molar-refractivity contribution in [1.82, 2.24) is 24.6 Å². The van der Waals surface area contributed by atoms with Crippen LogP contribution in [0.4, 0.5) is 0 Å². The summed E-state index contributed by atoms with van der Waals surface area (Å²) in [7, 11) is 0. The molecule has 24 heavy (non-hydrogen) atoms. The van der Waals surface area contributed by atoms with Crippen LogP contribution in [0.25, 0.3) is 11.5 Å². The number of rotatable bonds is 5. The van der Waals surface area contributed by atoms with Crippen molar-refractivity contribution in [2.75, 3.05) is 19.7 Å². The van der Waals surface area contributed by atoms with Crippen LogP contribution >= 0.6 is 11.3 Å². The van der Waals surface area contributed by atoms with E-state index in [1.807, 2.05) is 23.1 Å². The molecule has 3 aromatic rings. The van der Waals surface area contributed by atoms with Crippen molar-refractivity contribution in [2.24, 2.45) is 0 Å². The zero-order chi connectivity index (χ0) is 16.4. The first-order chi connectivity index (χ1) is 11.8. The standard InChI is InChI=1S/C16H19N5O2S/c1-12-15(19-16(23-12)13-2-5-24-9-13)8-20-3-4-22-14(6-20)7-21-11-17-10-18-21/h2,5,9-11,14H,3-4,6-8H2,1H3. The second kappa shape index (κ2) is 6.84. The van der Waals surface area contributed by atoms with E-state index < -0.39 is 0 Å². The van der Waals surface area contributed by atoms with Crippen LogP contribution in [0.2, 0.25) is 0 Å². The fourth-order valence-corrected chi connectivity index (χ4v) is 3.50. The van der Waals surface area contributed by atoms with E-state index in [1.54, 1.807) is 24.0 Å². The summed E-state index contributed by atoms with van der Waals surface area (Å²) in [6.45, 7) is 5.93. The second-order valence-corrected chi connectivity index (χ2v) is 6.66. The van der Waals surface area contributed by atoms with Gasteiger partial charge in [0.05, 0.1) is 24.9 Å². The maximum absolute atomic E-state index is 5.84. The van der Waals surface area contributed by atoms with Crippen molar-refractivity contribution < 1.29 is 9.15 Å². The van der Waals surface area contributed by atoms with Crippen LogP contribution in [0.5, 0.6) is 0 Å². The molecule has 0 spiro atoms. The van der Waals surface area contributed by atoms with Gasteiger partial charge in [-0.1, -0.05) is 0 Å². The van der Waals surface area contributed by atoms with E-state index in [0.717, 1.165) is 36.7 Å². The molecule has 0 aromatic carbocycles. The number of ether oxygens (including phenoxy) is 1. The van der Waals surface area contributed by atoms with E-state index in [0.29, 0.717) is 19.0 Å². The van der Waals surface area contributed by atoms with Crippen LogP contribution in [0.1, 0.15) is 11.5 Å². The van der Waals surface area contributed by atoms with Gasteiger partial charge in [0.1, 0.15) is 18.4 Å². The van der Waals surface area contributed by atoms with Gasteiger partial charge in [-0.05, 0) is 18.4 Å². The molecule has 0 bridgehead atoms. The van der Waals surface area contributed by atoms with Crippen molar-refractivity contribution in [1.29, 1.82) is 0 Å². The average molecular weight is 345 g/mol. The van der Waals surface area contributed by atoms with Crippen LogP contribution in [-0.2, 0) is 17.8 Å². The Morgan fingerprint density at radius 3 is 3.17 bits per heavy atom. The average Bonchev–Trinajstić information content (AvgIpc) is 3.31. The molecule has 0 aliphatic carbocycles. The summed E-state index contributed by atoms with van der Waals surface area (Å²) < 4.78 is 13.5. The highest BCUT2D eigenvalue weighted by Gasteiger charge is 2.23. The van der Waals surface area contributed by atoms with Crippen LogP contribution in [-0.4, -0.2) is 50.4 Å². The lowest BCUT2D eigenvalue weighted by Crippen LogP contribution is -2.43. The summed E-state index contributed by atoms with van der Waals surface area (Å²) in [5.41, 5.74) is 2.04. The quantitative estimate of drug-likeness (QED) is 0.706. The molecule has 1 saturated heterocycles. The number of thiophene rings is 1. The van der Waals surface area contributed by atoms with E-state index in [-0.39, 0.29) is 6.10 Å². The van der Waals surface area contributed by atoms with Crippen molar-refractivity contribution in [3.8, 4) is 11.5 Å². The van der Waals surface area contributed by atoms with Crippen LogP contribution in [0.15, 0.2) is 33.9 Å². The Bertz CT molecular complexity index is 769. The topological polar surface area (TPSA) is 69.2 Å². The molecule has 8 heteroatoms. The largest absolute Gasteiger partial charge is 0.441 e. The first kappa shape index (κ1) is 15.5. The number of oxazole rings is 1. The third-order valence-corrected chi connectivity index (χ3v) is 4.80. The second-order valence-electron chi connectivity index (χ2n) is 5.88. The molecule has 0 amide bonds. The summed E-state index contributed by atoms with van der Waals surface area (Å²) >= 11 is 1.65. The molecule has 0 saturated carbocycles. The van der Waals surface area contributed by atoms with Crippen molar-refractivity contribution in [3.05, 3.63) is 40.9 Å². The predicted molar refractivity (Wildman–Crippen MR) is 89.6 cm³/mol. The van der Waals surface area contributed by atoms with E-state index in [9.17, 15) is 0 Å². The zero-order valence-corrected chi connectivity index (χ0v) is 14.3. The van der Waals surface area contributed by atoms with Gasteiger partial charge in [-0.25, -0.2) is 9.97 Å². The summed E-state index contributed by atoms with van der Waals surface area (Å²) in [6, 6.07) is 2.03. The number of hydrogen-bond donors (Lipinski definition) is 0. The molecule has 1 aliphatic rings. The van der Waals surface area contributed by atoms with E-state index in [2.05, 4.69) is 25.3 Å². The van der Waals surface area contributed by atoms with Crippen LogP contribution < -0.4 is 0 Å². The van der Waals surface area contributed by atoms with Crippen molar-refractivity contribution in [3.63, 3.8) is 0 Å². The highest BCUT2D eigenvalue weighted by atomic mass is 32.1. The summed E-state index contributed by atoms with van der Waals surface area (Å²) in [5.74, 6) is 1.59. The minimum Gasteiger partial charge on any atom is -0.441 e. The zero-order valence-electron chi connectivity index (χ0n) is 13.5. The Morgan fingerprint density at radius 2 is 2.38 bits per heavy atom. The molecule has 126 valence electrons. The predicted octanol–water partition coefficient (Wildman–Crippen LogP) is 2.20. The monoisotopic (exact) mass is 345 g/mol. The molecule has 4 heterocycles. The molecular weight excluding hydrogens is 326 g/mol. The van der Waals surface area contributed by atoms with Gasteiger partial charge in [0, 0.05) is 30.6 Å². The van der Waals surface area contributed by atoms with Crippen LogP contribution in [0.3, 0.4) is 0 Å². The van der Waals surface area contributed by atoms with Gasteiger partial charge in [-0.3, -0.25) is 9.58 Å². The SMILES string of the molecule is Cc1oc(-c2ccsc2)nc1CN1CCOC(Cn2cncn2)C1. The fourth-order valence-electron chi connectivity index (χ4n) is 2.87. The smallest absolute Gasteiger partial charge is 0.227 e. The number of morpholine rings is 1. The van der Waals surface area contributed by atoms with Gasteiger partial charge in [0.15, 0.2) is 0 Å². The van der Waals surface area contributed by atoms with E-state index in [4.69, 9.17) is 9.15 Å².